The van der Waals surface area contributed by atoms with E-state index in [9.17, 15) is 0 Å². The van der Waals surface area contributed by atoms with Crippen molar-refractivity contribution in [3.05, 3.63) is 63.4 Å². The number of aromatic nitrogens is 2. The molecule has 7 heteroatoms. The highest BCUT2D eigenvalue weighted by Gasteiger charge is 2.19. The summed E-state index contributed by atoms with van der Waals surface area (Å²) in [5.74, 6) is 1.76. The average Bonchev–Trinajstić information content (AvgIpc) is 3.32. The number of ether oxygens (including phenoxy) is 1. The van der Waals surface area contributed by atoms with Crippen LogP contribution in [0.2, 0.25) is 0 Å². The molecule has 0 unspecified atom stereocenters. The van der Waals surface area contributed by atoms with Crippen molar-refractivity contribution in [3.63, 3.8) is 0 Å². The summed E-state index contributed by atoms with van der Waals surface area (Å²) in [5, 5.41) is 7.27. The van der Waals surface area contributed by atoms with Gasteiger partial charge >= 0.3 is 0 Å². The lowest BCUT2D eigenvalue weighted by atomic mass is 10.2. The molecule has 0 saturated carbocycles. The second kappa shape index (κ2) is 8.86. The van der Waals surface area contributed by atoms with Gasteiger partial charge in [0.2, 0.25) is 0 Å². The number of aryl methyl sites for hydroxylation is 2. The van der Waals surface area contributed by atoms with Gasteiger partial charge in [-0.05, 0) is 26.0 Å². The number of hydrogen-bond acceptors (Lipinski definition) is 7. The Morgan fingerprint density at radius 3 is 2.32 bits per heavy atom. The van der Waals surface area contributed by atoms with E-state index in [1.165, 1.54) is 5.56 Å². The molecule has 148 valence electrons. The molecule has 0 bridgehead atoms. The zero-order valence-corrected chi connectivity index (χ0v) is 17.2. The molecular formula is C21H26N4O2S. The summed E-state index contributed by atoms with van der Waals surface area (Å²) in [7, 11) is 0. The topological polar surface area (TPSA) is 54.6 Å². The van der Waals surface area contributed by atoms with Crippen LogP contribution in [0.3, 0.4) is 0 Å². The Morgan fingerprint density at radius 1 is 1.00 bits per heavy atom. The molecule has 0 amide bonds. The highest BCUT2D eigenvalue weighted by Crippen LogP contribution is 2.18. The fourth-order valence-electron chi connectivity index (χ4n) is 3.32. The number of hydrogen-bond donors (Lipinski definition) is 0. The first-order chi connectivity index (χ1) is 13.6. The van der Waals surface area contributed by atoms with Crippen LogP contribution in [0.1, 0.15) is 27.7 Å². The van der Waals surface area contributed by atoms with Crippen molar-refractivity contribution in [1.82, 2.24) is 19.9 Å². The van der Waals surface area contributed by atoms with Crippen molar-refractivity contribution in [2.24, 2.45) is 0 Å². The molecule has 0 radical (unpaired) electrons. The average molecular weight is 399 g/mol. The second-order valence-electron chi connectivity index (χ2n) is 7.32. The molecule has 1 aliphatic rings. The van der Waals surface area contributed by atoms with E-state index < -0.39 is 0 Å². The maximum atomic E-state index is 5.84. The van der Waals surface area contributed by atoms with Crippen molar-refractivity contribution in [2.45, 2.75) is 33.5 Å². The largest absolute Gasteiger partial charge is 0.486 e. The normalized spacial score (nSPS) is 15.8. The van der Waals surface area contributed by atoms with Gasteiger partial charge in [-0.2, -0.15) is 0 Å². The Labute approximate surface area is 169 Å². The lowest BCUT2D eigenvalue weighted by Gasteiger charge is -2.33. The van der Waals surface area contributed by atoms with Crippen LogP contribution in [0.4, 0.5) is 0 Å². The summed E-state index contributed by atoms with van der Waals surface area (Å²) in [5.41, 5.74) is 3.39. The lowest BCUT2D eigenvalue weighted by molar-refractivity contribution is 0.119. The van der Waals surface area contributed by atoms with Gasteiger partial charge in [-0.3, -0.25) is 9.80 Å². The molecule has 1 aromatic carbocycles. The van der Waals surface area contributed by atoms with E-state index in [0.29, 0.717) is 6.61 Å². The standard InChI is InChI=1S/C21H26N4O2S/c1-16-3-5-20(6-4-16)26-14-21-22-19(15-28-21)13-25-9-7-24(8-10-25)12-18-11-17(2)27-23-18/h3-6,11,15H,7-10,12-14H2,1-2H3. The van der Waals surface area contributed by atoms with Crippen LogP contribution in [0.25, 0.3) is 0 Å². The van der Waals surface area contributed by atoms with Crippen molar-refractivity contribution < 1.29 is 9.26 Å². The monoisotopic (exact) mass is 398 g/mol. The van der Waals surface area contributed by atoms with E-state index in [-0.39, 0.29) is 0 Å². The Morgan fingerprint density at radius 2 is 1.68 bits per heavy atom. The van der Waals surface area contributed by atoms with Crippen LogP contribution in [-0.4, -0.2) is 46.1 Å². The maximum absolute atomic E-state index is 5.84. The van der Waals surface area contributed by atoms with Gasteiger partial charge in [-0.15, -0.1) is 11.3 Å². The first-order valence-corrected chi connectivity index (χ1v) is 10.5. The third kappa shape index (κ3) is 5.19. The minimum Gasteiger partial charge on any atom is -0.486 e. The first kappa shape index (κ1) is 19.1. The fraction of sp³-hybridized carbons (Fsp3) is 0.429. The van der Waals surface area contributed by atoms with Gasteiger partial charge in [0.1, 0.15) is 23.1 Å². The second-order valence-corrected chi connectivity index (χ2v) is 8.26. The maximum Gasteiger partial charge on any atom is 0.140 e. The SMILES string of the molecule is Cc1ccc(OCc2nc(CN3CCN(Cc4cc(C)on4)CC3)cs2)cc1. The molecule has 4 rings (SSSR count). The number of thiazole rings is 1. The van der Waals surface area contributed by atoms with Crippen LogP contribution in [0.5, 0.6) is 5.75 Å². The number of rotatable bonds is 7. The van der Waals surface area contributed by atoms with Gasteiger partial charge in [0, 0.05) is 50.7 Å². The zero-order valence-electron chi connectivity index (χ0n) is 16.4. The van der Waals surface area contributed by atoms with Crippen molar-refractivity contribution in [3.8, 4) is 5.75 Å². The van der Waals surface area contributed by atoms with Gasteiger partial charge in [0.05, 0.1) is 11.4 Å². The Balaban J connectivity index is 1.21. The zero-order chi connectivity index (χ0) is 19.3. The van der Waals surface area contributed by atoms with Gasteiger partial charge in [-0.1, -0.05) is 22.9 Å². The van der Waals surface area contributed by atoms with Gasteiger partial charge in [0.25, 0.3) is 0 Å². The van der Waals surface area contributed by atoms with Crippen LogP contribution >= 0.6 is 11.3 Å². The number of piperazine rings is 1. The first-order valence-electron chi connectivity index (χ1n) is 9.64. The van der Waals surface area contributed by atoms with Crippen LogP contribution in [-0.2, 0) is 19.7 Å². The molecule has 3 aromatic rings. The highest BCUT2D eigenvalue weighted by molar-refractivity contribution is 7.09. The van der Waals surface area contributed by atoms with Gasteiger partial charge in [0.15, 0.2) is 0 Å². The van der Waals surface area contributed by atoms with Crippen LogP contribution < -0.4 is 4.74 Å². The minimum atomic E-state index is 0.526. The van der Waals surface area contributed by atoms with Crippen LogP contribution in [0, 0.1) is 13.8 Å². The molecule has 1 fully saturated rings. The molecule has 0 aliphatic carbocycles. The van der Waals surface area contributed by atoms with Crippen LogP contribution in [0.15, 0.2) is 40.2 Å². The Kier molecular flexibility index (Phi) is 6.04. The Bertz CT molecular complexity index is 882. The predicted molar refractivity (Wildman–Crippen MR) is 109 cm³/mol. The van der Waals surface area contributed by atoms with Gasteiger partial charge < -0.3 is 9.26 Å². The molecular weight excluding hydrogens is 372 g/mol. The van der Waals surface area contributed by atoms with Gasteiger partial charge in [-0.25, -0.2) is 4.98 Å². The molecule has 0 atom stereocenters. The van der Waals surface area contributed by atoms with Crippen molar-refractivity contribution in [2.75, 3.05) is 26.2 Å². The molecule has 6 nitrogen and oxygen atoms in total. The quantitative estimate of drug-likeness (QED) is 0.606. The van der Waals surface area contributed by atoms with E-state index in [2.05, 4.69) is 39.4 Å². The Hall–Kier alpha value is -2.22. The smallest absolute Gasteiger partial charge is 0.140 e. The molecule has 0 N–H and O–H groups in total. The van der Waals surface area contributed by atoms with E-state index in [1.54, 1.807) is 11.3 Å². The van der Waals surface area contributed by atoms with E-state index >= 15 is 0 Å². The molecule has 2 aromatic heterocycles. The third-order valence-electron chi connectivity index (χ3n) is 4.90. The van der Waals surface area contributed by atoms with E-state index in [4.69, 9.17) is 14.2 Å². The summed E-state index contributed by atoms with van der Waals surface area (Å²) in [6, 6.07) is 10.1. The molecule has 3 heterocycles. The number of nitrogens with zero attached hydrogens (tertiary/aromatic N) is 4. The fourth-order valence-corrected chi connectivity index (χ4v) is 4.02. The van der Waals surface area contributed by atoms with Crippen molar-refractivity contribution >= 4 is 11.3 Å². The minimum absolute atomic E-state index is 0.526. The number of benzene rings is 1. The van der Waals surface area contributed by atoms with E-state index in [1.807, 2.05) is 25.1 Å². The molecule has 28 heavy (non-hydrogen) atoms. The third-order valence-corrected chi connectivity index (χ3v) is 5.77. The summed E-state index contributed by atoms with van der Waals surface area (Å²) in [6.07, 6.45) is 0. The summed E-state index contributed by atoms with van der Waals surface area (Å²) < 4.78 is 11.0. The summed E-state index contributed by atoms with van der Waals surface area (Å²) >= 11 is 1.67. The van der Waals surface area contributed by atoms with E-state index in [0.717, 1.165) is 67.2 Å². The molecule has 1 aliphatic heterocycles. The summed E-state index contributed by atoms with van der Waals surface area (Å²) in [6.45, 7) is 10.5. The highest BCUT2D eigenvalue weighted by atomic mass is 32.1. The predicted octanol–water partition coefficient (Wildman–Crippen LogP) is 3.64. The van der Waals surface area contributed by atoms with Crippen molar-refractivity contribution in [1.29, 1.82) is 0 Å². The lowest BCUT2D eigenvalue weighted by Crippen LogP contribution is -2.45. The summed E-state index contributed by atoms with van der Waals surface area (Å²) in [4.78, 5) is 9.63. The molecule has 0 spiro atoms. The molecule has 1 saturated heterocycles.